The van der Waals surface area contributed by atoms with E-state index in [0.717, 1.165) is 23.9 Å². The van der Waals surface area contributed by atoms with E-state index in [9.17, 15) is 4.79 Å². The molecule has 0 unspecified atom stereocenters. The van der Waals surface area contributed by atoms with Crippen molar-refractivity contribution in [2.45, 2.75) is 45.1 Å². The van der Waals surface area contributed by atoms with Gasteiger partial charge in [-0.15, -0.1) is 0 Å². The van der Waals surface area contributed by atoms with Crippen LogP contribution in [0.2, 0.25) is 0 Å². The zero-order valence-corrected chi connectivity index (χ0v) is 10.6. The fraction of sp³-hybridized carbons (Fsp3) is 0.615. The molecule has 1 aliphatic heterocycles. The van der Waals surface area contributed by atoms with Gasteiger partial charge in [0.1, 0.15) is 11.5 Å². The van der Waals surface area contributed by atoms with Gasteiger partial charge in [-0.1, -0.05) is 12.8 Å². The summed E-state index contributed by atoms with van der Waals surface area (Å²) in [6.07, 6.45) is 7.23. The molecule has 1 N–H and O–H groups in total. The molecular formula is C13H18N4O. The fourth-order valence-electron chi connectivity index (χ4n) is 2.88. The predicted molar refractivity (Wildman–Crippen MR) is 69.6 cm³/mol. The van der Waals surface area contributed by atoms with Crippen LogP contribution in [0, 0.1) is 6.92 Å². The van der Waals surface area contributed by atoms with Crippen LogP contribution in [0.5, 0.6) is 0 Å². The summed E-state index contributed by atoms with van der Waals surface area (Å²) in [6, 6.07) is 0.533. The number of hydrogen-bond acceptors (Lipinski definition) is 4. The van der Waals surface area contributed by atoms with Crippen molar-refractivity contribution in [3.8, 4) is 0 Å². The van der Waals surface area contributed by atoms with Crippen LogP contribution >= 0.6 is 0 Å². The molecular weight excluding hydrogens is 228 g/mol. The second kappa shape index (κ2) is 4.55. The molecule has 3 rings (SSSR count). The van der Waals surface area contributed by atoms with E-state index in [1.54, 1.807) is 6.20 Å². The van der Waals surface area contributed by atoms with Crippen LogP contribution < -0.4 is 10.2 Å². The Morgan fingerprint density at radius 2 is 2.17 bits per heavy atom. The van der Waals surface area contributed by atoms with Crippen LogP contribution in [0.15, 0.2) is 6.20 Å². The van der Waals surface area contributed by atoms with Crippen molar-refractivity contribution in [1.29, 1.82) is 0 Å². The summed E-state index contributed by atoms with van der Waals surface area (Å²) < 4.78 is 0. The molecule has 5 heteroatoms. The monoisotopic (exact) mass is 246 g/mol. The van der Waals surface area contributed by atoms with Gasteiger partial charge in [-0.05, 0) is 19.8 Å². The van der Waals surface area contributed by atoms with E-state index in [-0.39, 0.29) is 5.91 Å². The van der Waals surface area contributed by atoms with Crippen molar-refractivity contribution in [2.75, 3.05) is 16.8 Å². The fourth-order valence-corrected chi connectivity index (χ4v) is 2.88. The van der Waals surface area contributed by atoms with Gasteiger partial charge in [0.15, 0.2) is 5.82 Å². The van der Waals surface area contributed by atoms with Gasteiger partial charge in [0, 0.05) is 19.0 Å². The largest absolute Gasteiger partial charge is 0.351 e. The van der Waals surface area contributed by atoms with E-state index in [1.807, 2.05) is 6.92 Å². The molecule has 0 spiro atoms. The first kappa shape index (κ1) is 11.4. The summed E-state index contributed by atoms with van der Waals surface area (Å²) >= 11 is 0. The molecule has 1 fully saturated rings. The van der Waals surface area contributed by atoms with E-state index in [1.165, 1.54) is 25.7 Å². The smallest absolute Gasteiger partial charge is 0.226 e. The second-order valence-electron chi connectivity index (χ2n) is 5.08. The molecule has 1 aliphatic carbocycles. The van der Waals surface area contributed by atoms with Gasteiger partial charge in [0.05, 0.1) is 6.20 Å². The average Bonchev–Trinajstić information content (AvgIpc) is 2.81. The minimum Gasteiger partial charge on any atom is -0.351 e. The number of carbonyl (C=O) groups excluding carboxylic acids is 1. The summed E-state index contributed by atoms with van der Waals surface area (Å²) in [5.74, 6) is 1.72. The summed E-state index contributed by atoms with van der Waals surface area (Å²) in [6.45, 7) is 2.65. The molecule has 1 amide bonds. The Labute approximate surface area is 107 Å². The molecule has 1 aromatic rings. The Morgan fingerprint density at radius 3 is 2.94 bits per heavy atom. The summed E-state index contributed by atoms with van der Waals surface area (Å²) in [5.41, 5.74) is 0.759. The van der Waals surface area contributed by atoms with Gasteiger partial charge in [0.2, 0.25) is 5.91 Å². The van der Waals surface area contributed by atoms with Crippen molar-refractivity contribution in [2.24, 2.45) is 0 Å². The zero-order chi connectivity index (χ0) is 12.5. The molecule has 1 aromatic heterocycles. The maximum Gasteiger partial charge on any atom is 0.226 e. The summed E-state index contributed by atoms with van der Waals surface area (Å²) in [5, 5.41) is 2.90. The van der Waals surface area contributed by atoms with Gasteiger partial charge in [-0.2, -0.15) is 0 Å². The number of nitrogens with zero attached hydrogens (tertiary/aromatic N) is 3. The third-order valence-corrected chi connectivity index (χ3v) is 3.78. The maximum atomic E-state index is 11.7. The second-order valence-corrected chi connectivity index (χ2v) is 5.08. The van der Waals surface area contributed by atoms with Crippen molar-refractivity contribution in [3.63, 3.8) is 0 Å². The van der Waals surface area contributed by atoms with Crippen molar-refractivity contribution >= 4 is 17.4 Å². The molecule has 0 aromatic carbocycles. The Balaban J connectivity index is 1.99. The Morgan fingerprint density at radius 1 is 1.39 bits per heavy atom. The first-order chi connectivity index (χ1) is 8.74. The van der Waals surface area contributed by atoms with Gasteiger partial charge < -0.3 is 10.2 Å². The van der Waals surface area contributed by atoms with Crippen LogP contribution in [-0.4, -0.2) is 28.5 Å². The first-order valence-corrected chi connectivity index (χ1v) is 6.64. The molecule has 2 aliphatic rings. The molecule has 0 atom stereocenters. The molecule has 0 saturated heterocycles. The van der Waals surface area contributed by atoms with Crippen molar-refractivity contribution < 1.29 is 4.79 Å². The number of carbonyl (C=O) groups is 1. The van der Waals surface area contributed by atoms with Crippen molar-refractivity contribution in [1.82, 2.24) is 9.97 Å². The van der Waals surface area contributed by atoms with Gasteiger partial charge >= 0.3 is 0 Å². The molecule has 0 bridgehead atoms. The molecule has 96 valence electrons. The maximum absolute atomic E-state index is 11.7. The predicted octanol–water partition coefficient (Wildman–Crippen LogP) is 1.88. The lowest BCUT2D eigenvalue weighted by Crippen LogP contribution is -2.34. The van der Waals surface area contributed by atoms with Crippen LogP contribution in [0.1, 0.15) is 37.9 Å². The lowest BCUT2D eigenvalue weighted by Gasteiger charge is -2.29. The Kier molecular flexibility index (Phi) is 2.89. The van der Waals surface area contributed by atoms with E-state index >= 15 is 0 Å². The molecule has 0 radical (unpaired) electrons. The van der Waals surface area contributed by atoms with Crippen LogP contribution in [-0.2, 0) is 4.79 Å². The van der Waals surface area contributed by atoms with E-state index in [2.05, 4.69) is 20.2 Å². The van der Waals surface area contributed by atoms with E-state index < -0.39 is 0 Å². The van der Waals surface area contributed by atoms with Gasteiger partial charge in [-0.25, -0.2) is 9.97 Å². The third kappa shape index (κ3) is 2.05. The molecule has 18 heavy (non-hydrogen) atoms. The Bertz CT molecular complexity index is 468. The van der Waals surface area contributed by atoms with Crippen LogP contribution in [0.25, 0.3) is 0 Å². The highest BCUT2D eigenvalue weighted by Crippen LogP contribution is 2.33. The molecule has 5 nitrogen and oxygen atoms in total. The highest BCUT2D eigenvalue weighted by atomic mass is 16.1. The number of aromatic nitrogens is 2. The standard InChI is InChI=1S/C13H18N4O/c1-9-14-8-11-13(15-9)17(7-6-12(18)16-11)10-4-2-3-5-10/h8,10H,2-7H2,1H3,(H,16,18). The van der Waals surface area contributed by atoms with E-state index in [4.69, 9.17) is 0 Å². The zero-order valence-electron chi connectivity index (χ0n) is 10.6. The Hall–Kier alpha value is -1.65. The number of aryl methyl sites for hydroxylation is 1. The minimum absolute atomic E-state index is 0.0594. The molecule has 1 saturated carbocycles. The number of amides is 1. The van der Waals surface area contributed by atoms with Gasteiger partial charge in [-0.3, -0.25) is 4.79 Å². The number of rotatable bonds is 1. The van der Waals surface area contributed by atoms with Crippen LogP contribution in [0.4, 0.5) is 11.5 Å². The number of nitrogens with one attached hydrogen (secondary N) is 1. The average molecular weight is 246 g/mol. The van der Waals surface area contributed by atoms with Crippen LogP contribution in [0.3, 0.4) is 0 Å². The number of hydrogen-bond donors (Lipinski definition) is 1. The highest BCUT2D eigenvalue weighted by Gasteiger charge is 2.28. The lowest BCUT2D eigenvalue weighted by molar-refractivity contribution is -0.115. The third-order valence-electron chi connectivity index (χ3n) is 3.78. The number of anilines is 2. The molecule has 2 heterocycles. The highest BCUT2D eigenvalue weighted by molar-refractivity contribution is 5.95. The normalized spacial score (nSPS) is 20.5. The number of fused-ring (bicyclic) bond motifs is 1. The summed E-state index contributed by atoms with van der Waals surface area (Å²) in [4.78, 5) is 22.7. The SMILES string of the molecule is Cc1ncc2c(n1)N(C1CCCC1)CCC(=O)N2. The quantitative estimate of drug-likeness (QED) is 0.822. The minimum atomic E-state index is 0.0594. The lowest BCUT2D eigenvalue weighted by atomic mass is 10.2. The van der Waals surface area contributed by atoms with E-state index in [0.29, 0.717) is 12.5 Å². The van der Waals surface area contributed by atoms with Crippen molar-refractivity contribution in [3.05, 3.63) is 12.0 Å². The van der Waals surface area contributed by atoms with Gasteiger partial charge in [0.25, 0.3) is 0 Å². The summed E-state index contributed by atoms with van der Waals surface area (Å²) in [7, 11) is 0. The first-order valence-electron chi connectivity index (χ1n) is 6.64. The topological polar surface area (TPSA) is 58.1 Å².